The van der Waals surface area contributed by atoms with E-state index < -0.39 is 20.6 Å². The molecule has 0 N–H and O–H groups in total. The zero-order valence-electron chi connectivity index (χ0n) is 16.1. The van der Waals surface area contributed by atoms with Gasteiger partial charge in [0.2, 0.25) is 15.9 Å². The Morgan fingerprint density at radius 1 is 1.03 bits per heavy atom. The van der Waals surface area contributed by atoms with Crippen molar-refractivity contribution in [1.82, 2.24) is 9.21 Å². The summed E-state index contributed by atoms with van der Waals surface area (Å²) in [6, 6.07) is 15.1. The van der Waals surface area contributed by atoms with Gasteiger partial charge in [0.1, 0.15) is 0 Å². The monoisotopic (exact) mass is 417 g/mol. The van der Waals surface area contributed by atoms with Gasteiger partial charge in [-0.15, -0.1) is 0 Å². The van der Waals surface area contributed by atoms with Crippen molar-refractivity contribution in [1.29, 1.82) is 0 Å². The number of nitro groups is 1. The van der Waals surface area contributed by atoms with Crippen LogP contribution in [0.4, 0.5) is 5.69 Å². The topological polar surface area (TPSA) is 101 Å². The molecule has 29 heavy (non-hydrogen) atoms. The van der Waals surface area contributed by atoms with Gasteiger partial charge in [-0.05, 0) is 17.5 Å². The molecule has 1 heterocycles. The van der Waals surface area contributed by atoms with Crippen molar-refractivity contribution in [3.05, 3.63) is 70.3 Å². The standard InChI is InChI=1S/C20H23N3O5S/c1-16(17-7-3-2-4-8-17)15-20(24)21-11-13-22(14-12-21)29(27,28)19-10-6-5-9-18(19)23(25)26/h2-10,16H,11-15H2,1H3/t16-/m1/s1. The van der Waals surface area contributed by atoms with E-state index in [0.717, 1.165) is 5.56 Å². The molecule has 0 aromatic heterocycles. The molecule has 0 saturated carbocycles. The lowest BCUT2D eigenvalue weighted by Crippen LogP contribution is -2.50. The van der Waals surface area contributed by atoms with Crippen molar-refractivity contribution in [2.45, 2.75) is 24.2 Å². The fourth-order valence-corrected chi connectivity index (χ4v) is 5.01. The van der Waals surface area contributed by atoms with Crippen LogP contribution < -0.4 is 0 Å². The number of piperazine rings is 1. The molecule has 1 amide bonds. The summed E-state index contributed by atoms with van der Waals surface area (Å²) in [5.74, 6) is 0.0431. The van der Waals surface area contributed by atoms with E-state index in [1.807, 2.05) is 37.3 Å². The quantitative estimate of drug-likeness (QED) is 0.531. The predicted molar refractivity (Wildman–Crippen MR) is 108 cm³/mol. The summed E-state index contributed by atoms with van der Waals surface area (Å²) in [7, 11) is -4.00. The molecular weight excluding hydrogens is 394 g/mol. The lowest BCUT2D eigenvalue weighted by Gasteiger charge is -2.34. The molecule has 1 aliphatic heterocycles. The third-order valence-electron chi connectivity index (χ3n) is 5.12. The first-order chi connectivity index (χ1) is 13.8. The van der Waals surface area contributed by atoms with E-state index in [2.05, 4.69) is 0 Å². The van der Waals surface area contributed by atoms with Crippen LogP contribution in [0.3, 0.4) is 0 Å². The summed E-state index contributed by atoms with van der Waals surface area (Å²) in [5, 5.41) is 11.2. The fourth-order valence-electron chi connectivity index (χ4n) is 3.43. The van der Waals surface area contributed by atoms with Crippen LogP contribution in [0.2, 0.25) is 0 Å². The molecule has 1 aliphatic rings. The Bertz CT molecular complexity index is 986. The number of hydrogen-bond donors (Lipinski definition) is 0. The van der Waals surface area contributed by atoms with E-state index in [1.54, 1.807) is 4.90 Å². The first-order valence-corrected chi connectivity index (χ1v) is 10.8. The van der Waals surface area contributed by atoms with Crippen molar-refractivity contribution in [3.8, 4) is 0 Å². The maximum absolute atomic E-state index is 12.9. The summed E-state index contributed by atoms with van der Waals surface area (Å²) < 4.78 is 26.9. The van der Waals surface area contributed by atoms with E-state index in [1.165, 1.54) is 28.6 Å². The average molecular weight is 417 g/mol. The van der Waals surface area contributed by atoms with Gasteiger partial charge in [-0.25, -0.2) is 8.42 Å². The molecule has 154 valence electrons. The molecular formula is C20H23N3O5S. The normalized spacial score (nSPS) is 16.4. The van der Waals surface area contributed by atoms with Crippen LogP contribution >= 0.6 is 0 Å². The van der Waals surface area contributed by atoms with Crippen molar-refractivity contribution in [3.63, 3.8) is 0 Å². The Labute approximate surface area is 169 Å². The number of para-hydroxylation sites is 1. The van der Waals surface area contributed by atoms with Crippen LogP contribution in [0.15, 0.2) is 59.5 Å². The lowest BCUT2D eigenvalue weighted by molar-refractivity contribution is -0.387. The first-order valence-electron chi connectivity index (χ1n) is 9.37. The number of rotatable bonds is 6. The number of carbonyl (C=O) groups is 1. The Balaban J connectivity index is 1.64. The van der Waals surface area contributed by atoms with Crippen LogP contribution in [0.25, 0.3) is 0 Å². The number of nitrogens with zero attached hydrogens (tertiary/aromatic N) is 3. The molecule has 0 spiro atoms. The number of nitro benzene ring substituents is 1. The highest BCUT2D eigenvalue weighted by Crippen LogP contribution is 2.27. The van der Waals surface area contributed by atoms with Crippen molar-refractivity contribution >= 4 is 21.6 Å². The highest BCUT2D eigenvalue weighted by molar-refractivity contribution is 7.89. The number of hydrogen-bond acceptors (Lipinski definition) is 5. The minimum atomic E-state index is -4.00. The van der Waals surface area contributed by atoms with Gasteiger partial charge in [0.15, 0.2) is 4.90 Å². The second-order valence-corrected chi connectivity index (χ2v) is 8.93. The number of carbonyl (C=O) groups excluding carboxylic acids is 1. The molecule has 1 atom stereocenters. The minimum absolute atomic E-state index is 0.0240. The van der Waals surface area contributed by atoms with Crippen molar-refractivity contribution in [2.75, 3.05) is 26.2 Å². The third-order valence-corrected chi connectivity index (χ3v) is 7.07. The van der Waals surface area contributed by atoms with Crippen LogP contribution in [-0.4, -0.2) is 54.6 Å². The highest BCUT2D eigenvalue weighted by atomic mass is 32.2. The van der Waals surface area contributed by atoms with E-state index in [-0.39, 0.29) is 42.9 Å². The molecule has 1 saturated heterocycles. The predicted octanol–water partition coefficient (Wildman–Crippen LogP) is 2.62. The summed E-state index contributed by atoms with van der Waals surface area (Å²) in [6.07, 6.45) is 0.348. The second-order valence-electron chi connectivity index (χ2n) is 7.03. The molecule has 1 fully saturated rings. The van der Waals surface area contributed by atoms with Crippen LogP contribution in [0.1, 0.15) is 24.8 Å². The number of amides is 1. The van der Waals surface area contributed by atoms with Gasteiger partial charge in [0.25, 0.3) is 5.69 Å². The number of sulfonamides is 1. The Kier molecular flexibility index (Phi) is 6.29. The minimum Gasteiger partial charge on any atom is -0.340 e. The van der Waals surface area contributed by atoms with Crippen LogP contribution in [-0.2, 0) is 14.8 Å². The zero-order valence-corrected chi connectivity index (χ0v) is 16.9. The molecule has 3 rings (SSSR count). The van der Waals surface area contributed by atoms with E-state index in [9.17, 15) is 23.3 Å². The molecule has 0 radical (unpaired) electrons. The maximum Gasteiger partial charge on any atom is 0.289 e. The van der Waals surface area contributed by atoms with Crippen molar-refractivity contribution < 1.29 is 18.1 Å². The van der Waals surface area contributed by atoms with Gasteiger partial charge < -0.3 is 4.90 Å². The lowest BCUT2D eigenvalue weighted by atomic mass is 9.97. The van der Waals surface area contributed by atoms with Gasteiger partial charge in [0, 0.05) is 38.7 Å². The van der Waals surface area contributed by atoms with E-state index >= 15 is 0 Å². The van der Waals surface area contributed by atoms with Gasteiger partial charge in [-0.2, -0.15) is 4.31 Å². The third kappa shape index (κ3) is 4.63. The Morgan fingerprint density at radius 3 is 2.24 bits per heavy atom. The van der Waals surface area contributed by atoms with E-state index in [0.29, 0.717) is 6.42 Å². The highest BCUT2D eigenvalue weighted by Gasteiger charge is 2.34. The second kappa shape index (κ2) is 8.71. The molecule has 2 aromatic rings. The summed E-state index contributed by atoms with van der Waals surface area (Å²) in [5.41, 5.74) is 0.640. The molecule has 2 aromatic carbocycles. The van der Waals surface area contributed by atoms with Crippen LogP contribution in [0, 0.1) is 10.1 Å². The van der Waals surface area contributed by atoms with Gasteiger partial charge in [0.05, 0.1) is 4.92 Å². The van der Waals surface area contributed by atoms with E-state index in [4.69, 9.17) is 0 Å². The summed E-state index contributed by atoms with van der Waals surface area (Å²) in [6.45, 7) is 2.74. The van der Waals surface area contributed by atoms with Gasteiger partial charge in [-0.3, -0.25) is 14.9 Å². The molecule has 0 bridgehead atoms. The largest absolute Gasteiger partial charge is 0.340 e. The Hall–Kier alpha value is -2.78. The van der Waals surface area contributed by atoms with Gasteiger partial charge in [-0.1, -0.05) is 49.4 Å². The average Bonchev–Trinajstić information content (AvgIpc) is 2.74. The first kappa shape index (κ1) is 20.9. The smallest absolute Gasteiger partial charge is 0.289 e. The maximum atomic E-state index is 12.9. The van der Waals surface area contributed by atoms with Crippen LogP contribution in [0.5, 0.6) is 0 Å². The van der Waals surface area contributed by atoms with Crippen molar-refractivity contribution in [2.24, 2.45) is 0 Å². The summed E-state index contributed by atoms with van der Waals surface area (Å²) >= 11 is 0. The Morgan fingerprint density at radius 2 is 1.62 bits per heavy atom. The molecule has 9 heteroatoms. The molecule has 0 unspecified atom stereocenters. The molecule has 0 aliphatic carbocycles. The molecule has 8 nitrogen and oxygen atoms in total. The summed E-state index contributed by atoms with van der Waals surface area (Å²) in [4.78, 5) is 24.4. The van der Waals surface area contributed by atoms with Gasteiger partial charge >= 0.3 is 0 Å². The number of benzene rings is 2. The zero-order chi connectivity index (χ0) is 21.0. The SMILES string of the molecule is C[C@H](CC(=O)N1CCN(S(=O)(=O)c2ccccc2[N+](=O)[O-])CC1)c1ccccc1. The fraction of sp³-hybridized carbons (Fsp3) is 0.350.